The van der Waals surface area contributed by atoms with Crippen molar-refractivity contribution in [3.05, 3.63) is 109 Å². The van der Waals surface area contributed by atoms with Gasteiger partial charge in [0.1, 0.15) is 13.2 Å². The highest BCUT2D eigenvalue weighted by atomic mass is 16.6. The van der Waals surface area contributed by atoms with Crippen LogP contribution in [0, 0.1) is 0 Å². The highest BCUT2D eigenvalue weighted by molar-refractivity contribution is 5.71. The van der Waals surface area contributed by atoms with Crippen molar-refractivity contribution < 1.29 is 28.6 Å². The topological polar surface area (TPSA) is 78.9 Å². The Labute approximate surface area is 419 Å². The van der Waals surface area contributed by atoms with Gasteiger partial charge in [0.05, 0.1) is 0 Å². The molecule has 1 unspecified atom stereocenters. The zero-order chi connectivity index (χ0) is 49.3. The molecule has 0 amide bonds. The number of carbonyl (C=O) groups is 3. The monoisotopic (exact) mass is 943 g/mol. The average Bonchev–Trinajstić information content (AvgIpc) is 3.34. The van der Waals surface area contributed by atoms with Crippen molar-refractivity contribution in [2.45, 2.75) is 252 Å². The zero-order valence-corrected chi connectivity index (χ0v) is 44.1. The molecular formula is C62H102O6. The molecule has 68 heavy (non-hydrogen) atoms. The molecule has 0 radical (unpaired) electrons. The smallest absolute Gasteiger partial charge is 0.306 e. The third kappa shape index (κ3) is 53.0. The molecule has 0 bridgehead atoms. The first-order valence-electron chi connectivity index (χ1n) is 27.9. The molecule has 6 nitrogen and oxygen atoms in total. The van der Waals surface area contributed by atoms with Crippen LogP contribution in [0.1, 0.15) is 245 Å². The van der Waals surface area contributed by atoms with Crippen molar-refractivity contribution in [1.29, 1.82) is 0 Å². The predicted molar refractivity (Wildman–Crippen MR) is 293 cm³/mol. The van der Waals surface area contributed by atoms with Gasteiger partial charge in [-0.1, -0.05) is 233 Å². The molecule has 0 rings (SSSR count). The zero-order valence-electron chi connectivity index (χ0n) is 44.1. The summed E-state index contributed by atoms with van der Waals surface area (Å²) in [7, 11) is 0. The minimum atomic E-state index is -0.784. The number of ether oxygens (including phenoxy) is 3. The first kappa shape index (κ1) is 64.1. The lowest BCUT2D eigenvalue weighted by atomic mass is 10.1. The van der Waals surface area contributed by atoms with Gasteiger partial charge in [0, 0.05) is 19.3 Å². The van der Waals surface area contributed by atoms with E-state index in [-0.39, 0.29) is 31.1 Å². The summed E-state index contributed by atoms with van der Waals surface area (Å²) in [6.45, 7) is 6.37. The van der Waals surface area contributed by atoms with E-state index < -0.39 is 6.10 Å². The fraction of sp³-hybridized carbons (Fsp3) is 0.661. The summed E-state index contributed by atoms with van der Waals surface area (Å²) in [6, 6.07) is 0. The molecule has 0 spiro atoms. The van der Waals surface area contributed by atoms with E-state index in [4.69, 9.17) is 14.2 Å². The summed E-state index contributed by atoms with van der Waals surface area (Å²) in [5, 5.41) is 0. The van der Waals surface area contributed by atoms with Gasteiger partial charge < -0.3 is 14.2 Å². The van der Waals surface area contributed by atoms with Gasteiger partial charge in [-0.05, 0) is 103 Å². The number of allylic oxidation sites excluding steroid dienone is 18. The summed E-state index contributed by atoms with van der Waals surface area (Å²) in [6.07, 6.45) is 75.5. The van der Waals surface area contributed by atoms with Gasteiger partial charge in [0.2, 0.25) is 0 Å². The number of esters is 3. The van der Waals surface area contributed by atoms with Crippen LogP contribution >= 0.6 is 0 Å². The number of carbonyl (C=O) groups excluding carboxylic acids is 3. The minimum Gasteiger partial charge on any atom is -0.462 e. The fourth-order valence-corrected chi connectivity index (χ4v) is 7.32. The molecule has 0 aliphatic carbocycles. The molecule has 0 aromatic rings. The molecule has 0 fully saturated rings. The largest absolute Gasteiger partial charge is 0.462 e. The van der Waals surface area contributed by atoms with E-state index in [1.54, 1.807) is 0 Å². The lowest BCUT2D eigenvalue weighted by Crippen LogP contribution is -2.30. The first-order chi connectivity index (χ1) is 33.5. The van der Waals surface area contributed by atoms with E-state index in [0.29, 0.717) is 19.3 Å². The summed E-state index contributed by atoms with van der Waals surface area (Å²) >= 11 is 0. The summed E-state index contributed by atoms with van der Waals surface area (Å²) in [5.41, 5.74) is 0. The van der Waals surface area contributed by atoms with Crippen molar-refractivity contribution in [1.82, 2.24) is 0 Å². The number of rotatable bonds is 49. The Morgan fingerprint density at radius 1 is 0.309 bits per heavy atom. The maximum atomic E-state index is 12.7. The van der Waals surface area contributed by atoms with Gasteiger partial charge in [-0.15, -0.1) is 0 Å². The predicted octanol–water partition coefficient (Wildman–Crippen LogP) is 18.7. The van der Waals surface area contributed by atoms with Crippen LogP contribution in [0.3, 0.4) is 0 Å². The molecule has 0 heterocycles. The highest BCUT2D eigenvalue weighted by Gasteiger charge is 2.19. The first-order valence-corrected chi connectivity index (χ1v) is 27.9. The Hall–Kier alpha value is -3.93. The van der Waals surface area contributed by atoms with Crippen LogP contribution in [-0.2, 0) is 28.6 Å². The molecule has 386 valence electrons. The molecule has 0 aliphatic heterocycles. The molecule has 0 aromatic heterocycles. The number of unbranched alkanes of at least 4 members (excludes halogenated alkanes) is 20. The van der Waals surface area contributed by atoms with Crippen LogP contribution in [0.4, 0.5) is 0 Å². The third-order valence-electron chi connectivity index (χ3n) is 11.5. The van der Waals surface area contributed by atoms with Crippen LogP contribution in [0.25, 0.3) is 0 Å². The SMILES string of the molecule is CC/C=C\C/C=C\C/C=C\C/C=C\C/C=C\C/C=C\C/C=C\CCCCCCCCCCCC(=O)OCC(COC(=O)CCCCCCC)OC(=O)CCCCCCC/C=C\C/C=C\CCCC. The van der Waals surface area contributed by atoms with E-state index in [9.17, 15) is 14.4 Å². The van der Waals surface area contributed by atoms with Gasteiger partial charge in [0.15, 0.2) is 6.10 Å². The Morgan fingerprint density at radius 2 is 0.588 bits per heavy atom. The van der Waals surface area contributed by atoms with Crippen molar-refractivity contribution in [2.24, 2.45) is 0 Å². The summed E-state index contributed by atoms with van der Waals surface area (Å²) in [5.74, 6) is -0.924. The average molecular weight is 943 g/mol. The standard InChI is InChI=1S/C62H102O6/c1-4-7-10-13-15-17-19-21-23-24-25-26-27-28-29-30-31-32-33-34-35-36-37-38-39-41-42-44-46-49-52-55-61(64)67-58-59(57-66-60(63)54-51-48-12-9-6-3)68-62(65)56-53-50-47-45-43-40-22-20-18-16-14-11-8-5-2/h7,10,14-17,20-23,25-26,28-29,31-32,34-35,59H,4-6,8-9,11-13,18-19,24,27,30,33,36-58H2,1-3H3/b10-7-,16-14-,17-15-,22-20-,23-21-,26-25-,29-28-,32-31-,35-34-. The second-order valence-electron chi connectivity index (χ2n) is 18.1. The van der Waals surface area contributed by atoms with E-state index >= 15 is 0 Å². The minimum absolute atomic E-state index is 0.0867. The molecule has 1 atom stereocenters. The molecular weight excluding hydrogens is 841 g/mol. The third-order valence-corrected chi connectivity index (χ3v) is 11.5. The lowest BCUT2D eigenvalue weighted by Gasteiger charge is -2.18. The molecule has 6 heteroatoms. The summed E-state index contributed by atoms with van der Waals surface area (Å²) < 4.78 is 16.7. The van der Waals surface area contributed by atoms with Crippen LogP contribution < -0.4 is 0 Å². The highest BCUT2D eigenvalue weighted by Crippen LogP contribution is 2.14. The van der Waals surface area contributed by atoms with Crippen LogP contribution in [0.5, 0.6) is 0 Å². The second-order valence-corrected chi connectivity index (χ2v) is 18.1. The Kier molecular flexibility index (Phi) is 52.4. The molecule has 0 aromatic carbocycles. The summed E-state index contributed by atoms with van der Waals surface area (Å²) in [4.78, 5) is 37.7. The van der Waals surface area contributed by atoms with Crippen molar-refractivity contribution in [2.75, 3.05) is 13.2 Å². The van der Waals surface area contributed by atoms with Crippen molar-refractivity contribution in [3.63, 3.8) is 0 Å². The molecule has 0 saturated heterocycles. The molecule has 0 N–H and O–H groups in total. The van der Waals surface area contributed by atoms with E-state index in [1.165, 1.54) is 64.2 Å². The van der Waals surface area contributed by atoms with Gasteiger partial charge in [-0.3, -0.25) is 14.4 Å². The van der Waals surface area contributed by atoms with Crippen molar-refractivity contribution >= 4 is 17.9 Å². The van der Waals surface area contributed by atoms with Gasteiger partial charge in [-0.2, -0.15) is 0 Å². The fourth-order valence-electron chi connectivity index (χ4n) is 7.32. The maximum Gasteiger partial charge on any atom is 0.306 e. The van der Waals surface area contributed by atoms with E-state index in [1.807, 2.05) is 0 Å². The van der Waals surface area contributed by atoms with Gasteiger partial charge >= 0.3 is 17.9 Å². The van der Waals surface area contributed by atoms with E-state index in [0.717, 1.165) is 141 Å². The maximum absolute atomic E-state index is 12.7. The van der Waals surface area contributed by atoms with Gasteiger partial charge in [0.25, 0.3) is 0 Å². The van der Waals surface area contributed by atoms with Crippen LogP contribution in [0.15, 0.2) is 109 Å². The molecule has 0 aliphatic rings. The quantitative estimate of drug-likeness (QED) is 0.0262. The van der Waals surface area contributed by atoms with Crippen LogP contribution in [0.2, 0.25) is 0 Å². The Balaban J connectivity index is 4.08. The van der Waals surface area contributed by atoms with E-state index in [2.05, 4.69) is 130 Å². The lowest BCUT2D eigenvalue weighted by molar-refractivity contribution is -0.167. The number of hydrogen-bond acceptors (Lipinski definition) is 6. The normalized spacial score (nSPS) is 12.9. The van der Waals surface area contributed by atoms with Crippen LogP contribution in [-0.4, -0.2) is 37.2 Å². The van der Waals surface area contributed by atoms with Crippen molar-refractivity contribution in [3.8, 4) is 0 Å². The Morgan fingerprint density at radius 3 is 0.941 bits per heavy atom. The molecule has 0 saturated carbocycles. The Bertz CT molecular complexity index is 1410. The number of hydrogen-bond donors (Lipinski definition) is 0. The second kappa shape index (κ2) is 55.7. The van der Waals surface area contributed by atoms with Gasteiger partial charge in [-0.25, -0.2) is 0 Å².